The van der Waals surface area contributed by atoms with Crippen LogP contribution in [-0.2, 0) is 4.79 Å². The second-order valence-electron chi connectivity index (χ2n) is 2.61. The fourth-order valence-electron chi connectivity index (χ4n) is 0.898. The number of hydrogen-bond acceptors (Lipinski definition) is 3. The number of carbonyl (C=O) groups is 2. The molecule has 5 nitrogen and oxygen atoms in total. The lowest BCUT2D eigenvalue weighted by molar-refractivity contribution is -0.134. The minimum Gasteiger partial charge on any atom is -0.373 e. The Bertz CT molecular complexity index is 184. The summed E-state index contributed by atoms with van der Waals surface area (Å²) in [5, 5.41) is 11.3. The average Bonchev–Trinajstić information content (AvgIpc) is 1.97. The minimum atomic E-state index is -1.00. The van der Waals surface area contributed by atoms with Crippen LogP contribution in [0.2, 0.25) is 0 Å². The molecular weight excluding hydrogens is 148 g/mol. The lowest BCUT2D eigenvalue weighted by Gasteiger charge is -2.32. The highest BCUT2D eigenvalue weighted by atomic mass is 16.3. The van der Waals surface area contributed by atoms with Gasteiger partial charge in [-0.05, 0) is 6.92 Å². The largest absolute Gasteiger partial charge is 0.373 e. The van der Waals surface area contributed by atoms with E-state index in [0.717, 1.165) is 4.90 Å². The van der Waals surface area contributed by atoms with E-state index in [9.17, 15) is 14.7 Å². The van der Waals surface area contributed by atoms with Crippen molar-refractivity contribution in [2.45, 2.75) is 13.2 Å². The van der Waals surface area contributed by atoms with Gasteiger partial charge in [0.2, 0.25) is 5.91 Å². The van der Waals surface area contributed by atoms with Gasteiger partial charge in [-0.15, -0.1) is 0 Å². The molecule has 2 atom stereocenters. The van der Waals surface area contributed by atoms with Crippen LogP contribution >= 0.6 is 0 Å². The molecular formula is C6H10N2O3. The SMILES string of the molecule is CC1C(=O)NC(=O)N(C)C1O. The van der Waals surface area contributed by atoms with Gasteiger partial charge in [0.05, 0.1) is 5.92 Å². The van der Waals surface area contributed by atoms with Crippen LogP contribution in [0, 0.1) is 5.92 Å². The van der Waals surface area contributed by atoms with E-state index in [-0.39, 0.29) is 0 Å². The van der Waals surface area contributed by atoms with Gasteiger partial charge < -0.3 is 10.0 Å². The van der Waals surface area contributed by atoms with E-state index in [1.165, 1.54) is 7.05 Å². The topological polar surface area (TPSA) is 69.6 Å². The van der Waals surface area contributed by atoms with Gasteiger partial charge in [-0.2, -0.15) is 0 Å². The van der Waals surface area contributed by atoms with Crippen LogP contribution in [0.3, 0.4) is 0 Å². The van der Waals surface area contributed by atoms with Crippen LogP contribution in [0.5, 0.6) is 0 Å². The molecule has 0 spiro atoms. The fourth-order valence-corrected chi connectivity index (χ4v) is 0.898. The molecule has 5 heteroatoms. The summed E-state index contributed by atoms with van der Waals surface area (Å²) in [5.74, 6) is -0.988. The number of hydrogen-bond donors (Lipinski definition) is 2. The van der Waals surface area contributed by atoms with Crippen LogP contribution in [0.4, 0.5) is 4.79 Å². The zero-order chi connectivity index (χ0) is 8.59. The molecule has 0 aromatic heterocycles. The van der Waals surface area contributed by atoms with Gasteiger partial charge in [0.25, 0.3) is 0 Å². The third-order valence-corrected chi connectivity index (χ3v) is 1.81. The predicted molar refractivity (Wildman–Crippen MR) is 36.5 cm³/mol. The van der Waals surface area contributed by atoms with Crippen molar-refractivity contribution in [1.29, 1.82) is 0 Å². The van der Waals surface area contributed by atoms with E-state index in [4.69, 9.17) is 0 Å². The first-order chi connectivity index (χ1) is 5.04. The lowest BCUT2D eigenvalue weighted by atomic mass is 10.1. The number of urea groups is 1. The van der Waals surface area contributed by atoms with Crippen molar-refractivity contribution < 1.29 is 14.7 Å². The van der Waals surface area contributed by atoms with Crippen LogP contribution in [0.1, 0.15) is 6.92 Å². The highest BCUT2D eigenvalue weighted by Gasteiger charge is 2.34. The van der Waals surface area contributed by atoms with Gasteiger partial charge in [0.1, 0.15) is 6.23 Å². The molecule has 0 radical (unpaired) electrons. The zero-order valence-corrected chi connectivity index (χ0v) is 6.37. The Morgan fingerprint density at radius 1 is 1.55 bits per heavy atom. The molecule has 0 aromatic carbocycles. The first kappa shape index (κ1) is 8.00. The van der Waals surface area contributed by atoms with Gasteiger partial charge in [0.15, 0.2) is 0 Å². The van der Waals surface area contributed by atoms with Crippen molar-refractivity contribution in [1.82, 2.24) is 10.2 Å². The Morgan fingerprint density at radius 3 is 2.64 bits per heavy atom. The Balaban J connectivity index is 2.78. The summed E-state index contributed by atoms with van der Waals surface area (Å²) in [6.07, 6.45) is -1.00. The number of amides is 3. The van der Waals surface area contributed by atoms with Crippen molar-refractivity contribution >= 4 is 11.9 Å². The Hall–Kier alpha value is -1.10. The van der Waals surface area contributed by atoms with E-state index in [1.807, 2.05) is 0 Å². The quantitative estimate of drug-likeness (QED) is 0.481. The summed E-state index contributed by atoms with van der Waals surface area (Å²) in [4.78, 5) is 22.7. The zero-order valence-electron chi connectivity index (χ0n) is 6.37. The summed E-state index contributed by atoms with van der Waals surface area (Å²) < 4.78 is 0. The van der Waals surface area contributed by atoms with Crippen molar-refractivity contribution in [3.8, 4) is 0 Å². The summed E-state index contributed by atoms with van der Waals surface area (Å²) in [7, 11) is 1.43. The van der Waals surface area contributed by atoms with Crippen LogP contribution < -0.4 is 5.32 Å². The Labute approximate surface area is 64.0 Å². The maximum Gasteiger partial charge on any atom is 0.325 e. The maximum atomic E-state index is 10.8. The average molecular weight is 158 g/mol. The van der Waals surface area contributed by atoms with E-state index in [0.29, 0.717) is 0 Å². The fraction of sp³-hybridized carbons (Fsp3) is 0.667. The smallest absolute Gasteiger partial charge is 0.325 e. The van der Waals surface area contributed by atoms with Gasteiger partial charge in [0, 0.05) is 7.05 Å². The highest BCUT2D eigenvalue weighted by Crippen LogP contribution is 2.11. The van der Waals surface area contributed by atoms with E-state index in [1.54, 1.807) is 6.92 Å². The molecule has 0 bridgehead atoms. The number of rotatable bonds is 0. The van der Waals surface area contributed by atoms with E-state index >= 15 is 0 Å². The van der Waals surface area contributed by atoms with E-state index < -0.39 is 24.1 Å². The molecule has 0 aromatic rings. The first-order valence-corrected chi connectivity index (χ1v) is 3.29. The predicted octanol–water partition coefficient (Wildman–Crippen LogP) is -0.877. The van der Waals surface area contributed by atoms with E-state index in [2.05, 4.69) is 5.32 Å². The van der Waals surface area contributed by atoms with Crippen molar-refractivity contribution in [2.24, 2.45) is 5.92 Å². The molecule has 11 heavy (non-hydrogen) atoms. The second kappa shape index (κ2) is 2.50. The molecule has 1 aliphatic heterocycles. The Kier molecular flexibility index (Phi) is 1.82. The number of imide groups is 1. The normalized spacial score (nSPS) is 32.1. The molecule has 1 saturated heterocycles. The number of nitrogens with one attached hydrogen (secondary N) is 1. The van der Waals surface area contributed by atoms with Crippen LogP contribution in [0.15, 0.2) is 0 Å². The van der Waals surface area contributed by atoms with Crippen molar-refractivity contribution in [3.63, 3.8) is 0 Å². The molecule has 62 valence electrons. The molecule has 0 saturated carbocycles. The molecule has 2 N–H and O–H groups in total. The number of nitrogens with zero attached hydrogens (tertiary/aromatic N) is 1. The Morgan fingerprint density at radius 2 is 2.09 bits per heavy atom. The van der Waals surface area contributed by atoms with Gasteiger partial charge in [-0.1, -0.05) is 0 Å². The first-order valence-electron chi connectivity index (χ1n) is 3.29. The number of aliphatic hydroxyl groups is 1. The standard InChI is InChI=1S/C6H10N2O3/c1-3-4(9)7-6(11)8(2)5(3)10/h3,5,10H,1-2H3,(H,7,9,11). The maximum absolute atomic E-state index is 10.8. The highest BCUT2D eigenvalue weighted by molar-refractivity contribution is 5.97. The molecule has 2 unspecified atom stereocenters. The van der Waals surface area contributed by atoms with Gasteiger partial charge >= 0.3 is 6.03 Å². The number of carbonyl (C=O) groups excluding carboxylic acids is 2. The molecule has 1 fully saturated rings. The second-order valence-corrected chi connectivity index (χ2v) is 2.61. The van der Waals surface area contributed by atoms with Crippen molar-refractivity contribution in [2.75, 3.05) is 7.05 Å². The van der Waals surface area contributed by atoms with Gasteiger partial charge in [-0.3, -0.25) is 10.1 Å². The third kappa shape index (κ3) is 1.19. The molecule has 1 aliphatic rings. The molecule has 0 aliphatic carbocycles. The summed E-state index contributed by atoms with van der Waals surface area (Å²) in [6, 6.07) is -0.555. The molecule has 1 rings (SSSR count). The number of aliphatic hydroxyl groups excluding tert-OH is 1. The van der Waals surface area contributed by atoms with Crippen LogP contribution in [0.25, 0.3) is 0 Å². The van der Waals surface area contributed by atoms with Gasteiger partial charge in [-0.25, -0.2) is 4.79 Å². The minimum absolute atomic E-state index is 0.430. The third-order valence-electron chi connectivity index (χ3n) is 1.81. The summed E-state index contributed by atoms with van der Waals surface area (Å²) >= 11 is 0. The van der Waals surface area contributed by atoms with Crippen LogP contribution in [-0.4, -0.2) is 35.2 Å². The lowest BCUT2D eigenvalue weighted by Crippen LogP contribution is -2.57. The summed E-state index contributed by atoms with van der Waals surface area (Å²) in [5.41, 5.74) is 0. The molecule has 1 heterocycles. The van der Waals surface area contributed by atoms with Crippen molar-refractivity contribution in [3.05, 3.63) is 0 Å². The monoisotopic (exact) mass is 158 g/mol. The summed E-state index contributed by atoms with van der Waals surface area (Å²) in [6.45, 7) is 1.56. The molecule has 3 amide bonds.